The highest BCUT2D eigenvalue weighted by atomic mass is 79.9. The van der Waals surface area contributed by atoms with Crippen molar-refractivity contribution >= 4 is 44.9 Å². The van der Waals surface area contributed by atoms with Crippen LogP contribution in [0.4, 0.5) is 10.5 Å². The Kier molecular flexibility index (Phi) is 9.43. The Morgan fingerprint density at radius 3 is 2.71 bits per heavy atom. The molecule has 152 valence electrons. The summed E-state index contributed by atoms with van der Waals surface area (Å²) in [5.74, 6) is -0.158. The minimum atomic E-state index is -0.171. The van der Waals surface area contributed by atoms with E-state index in [1.807, 2.05) is 24.3 Å². The minimum absolute atomic E-state index is 0.158. The molecule has 0 fully saturated rings. The van der Waals surface area contributed by atoms with Crippen molar-refractivity contribution in [2.24, 2.45) is 0 Å². The van der Waals surface area contributed by atoms with Crippen molar-refractivity contribution in [3.63, 3.8) is 0 Å². The Hall–Kier alpha value is -1.93. The van der Waals surface area contributed by atoms with Gasteiger partial charge in [0.15, 0.2) is 0 Å². The third kappa shape index (κ3) is 7.24. The van der Waals surface area contributed by atoms with Crippen LogP contribution in [-0.2, 0) is 6.54 Å². The van der Waals surface area contributed by atoms with Crippen LogP contribution in [-0.4, -0.2) is 34.9 Å². The van der Waals surface area contributed by atoms with Gasteiger partial charge >= 0.3 is 6.03 Å². The predicted molar refractivity (Wildman–Crippen MR) is 118 cm³/mol. The first-order valence-electron chi connectivity index (χ1n) is 9.57. The fourth-order valence-corrected chi connectivity index (χ4v) is 3.68. The van der Waals surface area contributed by atoms with Crippen molar-refractivity contribution in [1.29, 1.82) is 0 Å². The van der Waals surface area contributed by atoms with Gasteiger partial charge in [-0.25, -0.2) is 9.78 Å². The first kappa shape index (κ1) is 22.4. The molecule has 0 unspecified atom stereocenters. The van der Waals surface area contributed by atoms with Crippen LogP contribution in [0.3, 0.4) is 0 Å². The Balaban J connectivity index is 2.01. The molecule has 0 saturated carbocycles. The van der Waals surface area contributed by atoms with Crippen LogP contribution in [0.2, 0.25) is 0 Å². The third-order valence-electron chi connectivity index (χ3n) is 4.07. The van der Waals surface area contributed by atoms with Gasteiger partial charge < -0.3 is 15.5 Å². The summed E-state index contributed by atoms with van der Waals surface area (Å²) in [7, 11) is 0. The van der Waals surface area contributed by atoms with E-state index in [9.17, 15) is 9.59 Å². The molecule has 1 aromatic heterocycles. The van der Waals surface area contributed by atoms with Crippen molar-refractivity contribution in [2.75, 3.05) is 18.4 Å². The molecule has 0 bridgehead atoms. The van der Waals surface area contributed by atoms with Gasteiger partial charge in [-0.3, -0.25) is 4.79 Å². The predicted octanol–water partition coefficient (Wildman–Crippen LogP) is 5.27. The zero-order chi connectivity index (χ0) is 20.4. The summed E-state index contributed by atoms with van der Waals surface area (Å²) in [6.07, 6.45) is 3.87. The number of hydrogen-bond donors (Lipinski definition) is 2. The Morgan fingerprint density at radius 2 is 2.00 bits per heavy atom. The summed E-state index contributed by atoms with van der Waals surface area (Å²) in [6.45, 7) is 5.84. The summed E-state index contributed by atoms with van der Waals surface area (Å²) >= 11 is 4.82. The Bertz CT molecular complexity index is 781. The molecule has 3 amide bonds. The van der Waals surface area contributed by atoms with Gasteiger partial charge in [0.25, 0.3) is 5.91 Å². The Labute approximate surface area is 178 Å². The monoisotopic (exact) mass is 466 g/mol. The van der Waals surface area contributed by atoms with E-state index in [4.69, 9.17) is 0 Å². The fraction of sp³-hybridized carbons (Fsp3) is 0.450. The zero-order valence-corrected chi connectivity index (χ0v) is 18.7. The number of halogens is 1. The van der Waals surface area contributed by atoms with Gasteiger partial charge in [-0.2, -0.15) is 0 Å². The number of nitrogens with zero attached hydrogens (tertiary/aromatic N) is 2. The maximum Gasteiger partial charge on any atom is 0.322 e. The standard InChI is InChI=1S/C20H27BrN4O2S/c1-3-5-10-22-19(26)17-14-28-18(24-17)13-25(11-6-4-2)20(27)23-16-9-7-8-15(21)12-16/h7-9,12,14H,3-6,10-11,13H2,1-2H3,(H,22,26)(H,23,27). The molecule has 8 heteroatoms. The number of urea groups is 1. The lowest BCUT2D eigenvalue weighted by Crippen LogP contribution is -2.35. The van der Waals surface area contributed by atoms with Crippen molar-refractivity contribution in [1.82, 2.24) is 15.2 Å². The third-order valence-corrected chi connectivity index (χ3v) is 5.40. The molecule has 0 aliphatic carbocycles. The molecule has 2 rings (SSSR count). The molecule has 6 nitrogen and oxygen atoms in total. The molecule has 0 aliphatic heterocycles. The first-order chi connectivity index (χ1) is 13.5. The van der Waals surface area contributed by atoms with Crippen molar-refractivity contribution in [2.45, 2.75) is 46.1 Å². The van der Waals surface area contributed by atoms with Crippen LogP contribution in [0.5, 0.6) is 0 Å². The first-order valence-corrected chi connectivity index (χ1v) is 11.2. The average Bonchev–Trinajstić information content (AvgIpc) is 3.14. The van der Waals surface area contributed by atoms with Gasteiger partial charge in [-0.15, -0.1) is 11.3 Å². The number of unbranched alkanes of at least 4 members (excludes halogenated alkanes) is 2. The maximum absolute atomic E-state index is 12.7. The SMILES string of the molecule is CCCCNC(=O)c1csc(CN(CCCC)C(=O)Nc2cccc(Br)c2)n1. The number of carbonyl (C=O) groups excluding carboxylic acids is 2. The number of hydrogen-bond acceptors (Lipinski definition) is 4. The normalized spacial score (nSPS) is 10.5. The summed E-state index contributed by atoms with van der Waals surface area (Å²) in [6, 6.07) is 7.32. The second-order valence-corrected chi connectivity index (χ2v) is 8.31. The molecule has 2 aromatic rings. The topological polar surface area (TPSA) is 74.3 Å². The molecule has 1 heterocycles. The number of carbonyl (C=O) groups is 2. The molecule has 0 radical (unpaired) electrons. The van der Waals surface area contributed by atoms with E-state index in [1.54, 1.807) is 10.3 Å². The molecular weight excluding hydrogens is 440 g/mol. The van der Waals surface area contributed by atoms with E-state index in [0.717, 1.165) is 40.9 Å². The second kappa shape index (κ2) is 11.8. The van der Waals surface area contributed by atoms with Gasteiger partial charge in [0.1, 0.15) is 10.7 Å². The highest BCUT2D eigenvalue weighted by Crippen LogP contribution is 2.18. The molecule has 2 N–H and O–H groups in total. The van der Waals surface area contributed by atoms with E-state index < -0.39 is 0 Å². The van der Waals surface area contributed by atoms with Gasteiger partial charge in [-0.1, -0.05) is 48.7 Å². The summed E-state index contributed by atoms with van der Waals surface area (Å²) in [5.41, 5.74) is 1.15. The molecular formula is C20H27BrN4O2S. The summed E-state index contributed by atoms with van der Waals surface area (Å²) in [4.78, 5) is 31.0. The lowest BCUT2D eigenvalue weighted by Gasteiger charge is -2.22. The fourth-order valence-electron chi connectivity index (χ4n) is 2.49. The second-order valence-electron chi connectivity index (χ2n) is 6.45. The molecule has 28 heavy (non-hydrogen) atoms. The van der Waals surface area contributed by atoms with E-state index in [2.05, 4.69) is 45.4 Å². The largest absolute Gasteiger partial charge is 0.351 e. The van der Waals surface area contributed by atoms with E-state index >= 15 is 0 Å². The van der Waals surface area contributed by atoms with E-state index in [0.29, 0.717) is 25.3 Å². The smallest absolute Gasteiger partial charge is 0.322 e. The number of anilines is 1. The highest BCUT2D eigenvalue weighted by Gasteiger charge is 2.17. The van der Waals surface area contributed by atoms with Crippen LogP contribution in [0, 0.1) is 0 Å². The molecule has 0 atom stereocenters. The van der Waals surface area contributed by atoms with Gasteiger partial charge in [0.05, 0.1) is 6.54 Å². The lowest BCUT2D eigenvalue weighted by molar-refractivity contribution is 0.0948. The summed E-state index contributed by atoms with van der Waals surface area (Å²) < 4.78 is 0.907. The lowest BCUT2D eigenvalue weighted by atomic mass is 10.3. The van der Waals surface area contributed by atoms with Crippen LogP contribution in [0.1, 0.15) is 55.0 Å². The van der Waals surface area contributed by atoms with E-state index in [1.165, 1.54) is 11.3 Å². The number of thiazole rings is 1. The number of rotatable bonds is 10. The van der Waals surface area contributed by atoms with Crippen molar-refractivity contribution in [3.05, 3.63) is 44.8 Å². The number of nitrogens with one attached hydrogen (secondary N) is 2. The minimum Gasteiger partial charge on any atom is -0.351 e. The summed E-state index contributed by atoms with van der Waals surface area (Å²) in [5, 5.41) is 8.30. The van der Waals surface area contributed by atoms with Crippen LogP contribution < -0.4 is 10.6 Å². The Morgan fingerprint density at radius 1 is 1.21 bits per heavy atom. The average molecular weight is 467 g/mol. The van der Waals surface area contributed by atoms with Crippen molar-refractivity contribution < 1.29 is 9.59 Å². The van der Waals surface area contributed by atoms with E-state index in [-0.39, 0.29) is 11.9 Å². The van der Waals surface area contributed by atoms with Gasteiger partial charge in [0, 0.05) is 28.6 Å². The zero-order valence-electron chi connectivity index (χ0n) is 16.3. The molecule has 1 aromatic carbocycles. The van der Waals surface area contributed by atoms with Crippen LogP contribution in [0.15, 0.2) is 34.1 Å². The highest BCUT2D eigenvalue weighted by molar-refractivity contribution is 9.10. The quantitative estimate of drug-likeness (QED) is 0.468. The van der Waals surface area contributed by atoms with Crippen LogP contribution in [0.25, 0.3) is 0 Å². The maximum atomic E-state index is 12.7. The molecule has 0 saturated heterocycles. The number of amides is 3. The molecule has 0 spiro atoms. The number of aromatic nitrogens is 1. The van der Waals surface area contributed by atoms with Gasteiger partial charge in [0.2, 0.25) is 0 Å². The van der Waals surface area contributed by atoms with Crippen molar-refractivity contribution in [3.8, 4) is 0 Å². The number of benzene rings is 1. The van der Waals surface area contributed by atoms with Crippen LogP contribution >= 0.6 is 27.3 Å². The molecule has 0 aliphatic rings. The van der Waals surface area contributed by atoms with Gasteiger partial charge in [-0.05, 0) is 31.0 Å².